The number of nitrogens with zero attached hydrogens (tertiary/aromatic N) is 1. The summed E-state index contributed by atoms with van der Waals surface area (Å²) in [4.78, 5) is 4.09. The molecule has 0 saturated heterocycles. The van der Waals surface area contributed by atoms with Crippen molar-refractivity contribution < 1.29 is 0 Å². The van der Waals surface area contributed by atoms with Gasteiger partial charge in [0.15, 0.2) is 0 Å². The molecular formula is C21H22N4. The van der Waals surface area contributed by atoms with E-state index < -0.39 is 5.54 Å². The fraction of sp³-hybridized carbons (Fsp3) is 0.143. The van der Waals surface area contributed by atoms with E-state index in [0.717, 1.165) is 27.8 Å². The minimum absolute atomic E-state index is 0.353. The highest BCUT2D eigenvalue weighted by molar-refractivity contribution is 5.94. The molecule has 0 radical (unpaired) electrons. The number of hydrogen-bond donors (Lipinski definition) is 3. The van der Waals surface area contributed by atoms with Crippen LogP contribution in [0.15, 0.2) is 60.8 Å². The normalized spacial score (nSPS) is 11.3. The summed E-state index contributed by atoms with van der Waals surface area (Å²) in [6.07, 6.45) is 2.92. The third-order valence-corrected chi connectivity index (χ3v) is 4.26. The molecule has 4 heteroatoms. The van der Waals surface area contributed by atoms with Gasteiger partial charge in [-0.2, -0.15) is 0 Å². The summed E-state index contributed by atoms with van der Waals surface area (Å²) in [5.41, 5.74) is 17.5. The summed E-state index contributed by atoms with van der Waals surface area (Å²) < 4.78 is 0. The molecule has 0 fully saturated rings. The van der Waals surface area contributed by atoms with Crippen LogP contribution in [0, 0.1) is 5.41 Å². The van der Waals surface area contributed by atoms with E-state index in [0.29, 0.717) is 11.4 Å². The summed E-state index contributed by atoms with van der Waals surface area (Å²) in [6, 6.07) is 18.3. The lowest BCUT2D eigenvalue weighted by Crippen LogP contribution is -2.28. The molecule has 25 heavy (non-hydrogen) atoms. The molecular weight excluding hydrogens is 308 g/mol. The first-order valence-electron chi connectivity index (χ1n) is 8.15. The quantitative estimate of drug-likeness (QED) is 0.627. The van der Waals surface area contributed by atoms with Crippen LogP contribution in [-0.2, 0) is 5.54 Å². The third kappa shape index (κ3) is 3.44. The van der Waals surface area contributed by atoms with Gasteiger partial charge in [-0.15, -0.1) is 0 Å². The molecule has 0 aliphatic carbocycles. The fourth-order valence-electron chi connectivity index (χ4n) is 2.85. The van der Waals surface area contributed by atoms with Crippen molar-refractivity contribution in [1.29, 1.82) is 5.41 Å². The molecule has 3 rings (SSSR count). The molecule has 5 N–H and O–H groups in total. The van der Waals surface area contributed by atoms with E-state index >= 15 is 0 Å². The van der Waals surface area contributed by atoms with Gasteiger partial charge in [0.2, 0.25) is 0 Å². The van der Waals surface area contributed by atoms with Crippen molar-refractivity contribution >= 4 is 12.0 Å². The van der Waals surface area contributed by atoms with Crippen molar-refractivity contribution in [1.82, 2.24) is 4.98 Å². The van der Waals surface area contributed by atoms with Crippen LogP contribution in [0.5, 0.6) is 0 Å². The molecule has 0 saturated carbocycles. The zero-order valence-corrected chi connectivity index (χ0v) is 14.5. The molecule has 1 aromatic heterocycles. The van der Waals surface area contributed by atoms with Gasteiger partial charge in [-0.3, -0.25) is 0 Å². The average Bonchev–Trinajstić information content (AvgIpc) is 2.61. The maximum Gasteiger partial charge on any atom is 0.132 e. The van der Waals surface area contributed by atoms with Crippen LogP contribution in [0.3, 0.4) is 0 Å². The highest BCUT2D eigenvalue weighted by Crippen LogP contribution is 2.33. The van der Waals surface area contributed by atoms with Gasteiger partial charge in [-0.05, 0) is 65.9 Å². The predicted octanol–water partition coefficient (Wildman–Crippen LogP) is 4.19. The molecule has 0 spiro atoms. The average molecular weight is 330 g/mol. The summed E-state index contributed by atoms with van der Waals surface area (Å²) in [7, 11) is 0. The Balaban J connectivity index is 2.27. The van der Waals surface area contributed by atoms with Crippen LogP contribution < -0.4 is 11.5 Å². The number of nitrogens with two attached hydrogens (primary N) is 2. The van der Waals surface area contributed by atoms with Crippen LogP contribution in [0.1, 0.15) is 25.0 Å². The lowest BCUT2D eigenvalue weighted by Gasteiger charge is -2.22. The standard InChI is InChI=1S/C21H22N4/c1-21(2,24)17-11-15(14-6-4-3-5-7-14)10-16(12-17)18-8-9-25-20(23)19(18)13-22/h3-13,22H,24H2,1-2H3,(H2,23,25). The number of benzene rings is 2. The van der Waals surface area contributed by atoms with Crippen molar-refractivity contribution in [3.8, 4) is 22.3 Å². The van der Waals surface area contributed by atoms with Gasteiger partial charge in [-0.1, -0.05) is 30.3 Å². The van der Waals surface area contributed by atoms with E-state index in [4.69, 9.17) is 16.9 Å². The zero-order chi connectivity index (χ0) is 18.0. The Morgan fingerprint density at radius 1 is 0.960 bits per heavy atom. The highest BCUT2D eigenvalue weighted by atomic mass is 14.8. The Bertz CT molecular complexity index is 909. The zero-order valence-electron chi connectivity index (χ0n) is 14.5. The molecule has 1 heterocycles. The van der Waals surface area contributed by atoms with E-state index in [2.05, 4.69) is 35.3 Å². The Hall–Kier alpha value is -2.98. The maximum atomic E-state index is 7.70. The summed E-state index contributed by atoms with van der Waals surface area (Å²) >= 11 is 0. The van der Waals surface area contributed by atoms with Gasteiger partial charge in [0.25, 0.3) is 0 Å². The fourth-order valence-corrected chi connectivity index (χ4v) is 2.85. The largest absolute Gasteiger partial charge is 0.383 e. The van der Waals surface area contributed by atoms with Crippen LogP contribution in [0.25, 0.3) is 22.3 Å². The van der Waals surface area contributed by atoms with Crippen molar-refractivity contribution in [2.24, 2.45) is 5.73 Å². The molecule has 0 bridgehead atoms. The van der Waals surface area contributed by atoms with Crippen LogP contribution in [-0.4, -0.2) is 11.2 Å². The topological polar surface area (TPSA) is 88.8 Å². The van der Waals surface area contributed by atoms with E-state index in [1.807, 2.05) is 38.1 Å². The van der Waals surface area contributed by atoms with Crippen molar-refractivity contribution in [2.75, 3.05) is 5.73 Å². The smallest absolute Gasteiger partial charge is 0.132 e. The van der Waals surface area contributed by atoms with Gasteiger partial charge in [0.1, 0.15) is 5.82 Å². The first-order chi connectivity index (χ1) is 11.9. The minimum atomic E-state index is -0.483. The van der Waals surface area contributed by atoms with E-state index in [1.165, 1.54) is 6.21 Å². The Morgan fingerprint density at radius 3 is 2.28 bits per heavy atom. The highest BCUT2D eigenvalue weighted by Gasteiger charge is 2.18. The second-order valence-electron chi connectivity index (χ2n) is 6.69. The molecule has 0 aliphatic rings. The maximum absolute atomic E-state index is 7.70. The lowest BCUT2D eigenvalue weighted by molar-refractivity contribution is 0.555. The molecule has 0 aliphatic heterocycles. The Morgan fingerprint density at radius 2 is 1.64 bits per heavy atom. The molecule has 0 amide bonds. The lowest BCUT2D eigenvalue weighted by atomic mass is 9.88. The third-order valence-electron chi connectivity index (χ3n) is 4.26. The monoisotopic (exact) mass is 330 g/mol. The summed E-state index contributed by atoms with van der Waals surface area (Å²) in [6.45, 7) is 3.97. The number of rotatable bonds is 4. The van der Waals surface area contributed by atoms with E-state index in [-0.39, 0.29) is 0 Å². The minimum Gasteiger partial charge on any atom is -0.383 e. The number of aromatic nitrogens is 1. The van der Waals surface area contributed by atoms with Crippen molar-refractivity contribution in [2.45, 2.75) is 19.4 Å². The molecule has 0 unspecified atom stereocenters. The summed E-state index contributed by atoms with van der Waals surface area (Å²) in [5.74, 6) is 0.353. The van der Waals surface area contributed by atoms with Gasteiger partial charge >= 0.3 is 0 Å². The number of hydrogen-bond acceptors (Lipinski definition) is 4. The number of nitrogens with one attached hydrogen (secondary N) is 1. The number of pyridine rings is 1. The second kappa shape index (κ2) is 6.49. The first-order valence-corrected chi connectivity index (χ1v) is 8.15. The molecule has 0 atom stereocenters. The van der Waals surface area contributed by atoms with Crippen molar-refractivity contribution in [3.05, 3.63) is 71.9 Å². The molecule has 126 valence electrons. The first kappa shape index (κ1) is 16.9. The predicted molar refractivity (Wildman–Crippen MR) is 105 cm³/mol. The van der Waals surface area contributed by atoms with Crippen LogP contribution >= 0.6 is 0 Å². The Kier molecular flexibility index (Phi) is 4.38. The number of anilines is 1. The van der Waals surface area contributed by atoms with Gasteiger partial charge in [0.05, 0.1) is 0 Å². The van der Waals surface area contributed by atoms with Crippen molar-refractivity contribution in [3.63, 3.8) is 0 Å². The van der Waals surface area contributed by atoms with E-state index in [9.17, 15) is 0 Å². The molecule has 3 aromatic rings. The molecule has 2 aromatic carbocycles. The SMILES string of the molecule is CC(C)(N)c1cc(-c2ccccc2)cc(-c2ccnc(N)c2C=N)c1. The van der Waals surface area contributed by atoms with Crippen LogP contribution in [0.4, 0.5) is 5.82 Å². The van der Waals surface area contributed by atoms with Gasteiger partial charge in [0, 0.05) is 23.5 Å². The number of nitrogen functional groups attached to an aromatic ring is 1. The van der Waals surface area contributed by atoms with Crippen LogP contribution in [0.2, 0.25) is 0 Å². The second-order valence-corrected chi connectivity index (χ2v) is 6.69. The van der Waals surface area contributed by atoms with Gasteiger partial charge in [-0.25, -0.2) is 4.98 Å². The molecule has 4 nitrogen and oxygen atoms in total. The van der Waals surface area contributed by atoms with E-state index in [1.54, 1.807) is 6.20 Å². The van der Waals surface area contributed by atoms with Gasteiger partial charge < -0.3 is 16.9 Å². The Labute approximate surface area is 148 Å². The summed E-state index contributed by atoms with van der Waals surface area (Å²) in [5, 5.41) is 7.70.